The number of pyridine rings is 1. The third-order valence-corrected chi connectivity index (χ3v) is 3.47. The summed E-state index contributed by atoms with van der Waals surface area (Å²) in [5.41, 5.74) is 3.95. The number of hydrogen-bond donors (Lipinski definition) is 1. The Hall–Kier alpha value is -2.17. The standard InChI is InChI=1S/C15H20N4O/c1-10(8-14-11(2)18-19(4)12(14)3)17-15(20)13-6-5-7-16-9-13/h5-7,9-10H,8H2,1-4H3,(H,17,20). The molecule has 0 aliphatic rings. The molecule has 0 aliphatic carbocycles. The molecule has 5 nitrogen and oxygen atoms in total. The van der Waals surface area contributed by atoms with E-state index in [1.807, 2.05) is 32.5 Å². The van der Waals surface area contributed by atoms with E-state index >= 15 is 0 Å². The van der Waals surface area contributed by atoms with Crippen LogP contribution in [-0.4, -0.2) is 26.7 Å². The van der Waals surface area contributed by atoms with Gasteiger partial charge in [-0.3, -0.25) is 14.5 Å². The lowest BCUT2D eigenvalue weighted by Crippen LogP contribution is -2.34. The van der Waals surface area contributed by atoms with Crippen LogP contribution in [0.5, 0.6) is 0 Å². The van der Waals surface area contributed by atoms with E-state index in [-0.39, 0.29) is 11.9 Å². The number of carbonyl (C=O) groups excluding carboxylic acids is 1. The smallest absolute Gasteiger partial charge is 0.253 e. The van der Waals surface area contributed by atoms with Gasteiger partial charge in [0, 0.05) is 31.2 Å². The molecule has 0 saturated carbocycles. The maximum atomic E-state index is 12.0. The van der Waals surface area contributed by atoms with Crippen LogP contribution in [-0.2, 0) is 13.5 Å². The Morgan fingerprint density at radius 1 is 1.45 bits per heavy atom. The molecule has 2 heterocycles. The summed E-state index contributed by atoms with van der Waals surface area (Å²) >= 11 is 0. The van der Waals surface area contributed by atoms with Gasteiger partial charge in [0.15, 0.2) is 0 Å². The van der Waals surface area contributed by atoms with E-state index in [9.17, 15) is 4.79 Å². The lowest BCUT2D eigenvalue weighted by Gasteiger charge is -2.14. The zero-order valence-electron chi connectivity index (χ0n) is 12.3. The SMILES string of the molecule is Cc1nn(C)c(C)c1CC(C)NC(=O)c1cccnc1. The lowest BCUT2D eigenvalue weighted by molar-refractivity contribution is 0.0939. The largest absolute Gasteiger partial charge is 0.349 e. The molecule has 1 N–H and O–H groups in total. The first-order chi connectivity index (χ1) is 9.49. The maximum Gasteiger partial charge on any atom is 0.253 e. The fraction of sp³-hybridized carbons (Fsp3) is 0.400. The van der Waals surface area contributed by atoms with E-state index in [1.54, 1.807) is 24.5 Å². The minimum Gasteiger partial charge on any atom is -0.349 e. The number of amides is 1. The van der Waals surface area contributed by atoms with Crippen LogP contribution in [0.25, 0.3) is 0 Å². The van der Waals surface area contributed by atoms with Gasteiger partial charge in [-0.1, -0.05) is 0 Å². The average Bonchev–Trinajstić information content (AvgIpc) is 2.66. The lowest BCUT2D eigenvalue weighted by atomic mass is 10.1. The Morgan fingerprint density at radius 3 is 2.75 bits per heavy atom. The molecule has 0 spiro atoms. The molecule has 0 aromatic carbocycles. The summed E-state index contributed by atoms with van der Waals surface area (Å²) in [6, 6.07) is 3.56. The minimum atomic E-state index is -0.0928. The summed E-state index contributed by atoms with van der Waals surface area (Å²) in [4.78, 5) is 16.0. The molecule has 0 saturated heterocycles. The zero-order chi connectivity index (χ0) is 14.7. The summed E-state index contributed by atoms with van der Waals surface area (Å²) in [6.07, 6.45) is 4.00. The summed E-state index contributed by atoms with van der Waals surface area (Å²) in [6.45, 7) is 6.04. The van der Waals surface area contributed by atoms with Crippen molar-refractivity contribution in [1.29, 1.82) is 0 Å². The number of aryl methyl sites for hydroxylation is 2. The van der Waals surface area contributed by atoms with E-state index in [1.165, 1.54) is 5.56 Å². The Morgan fingerprint density at radius 2 is 2.20 bits per heavy atom. The zero-order valence-corrected chi connectivity index (χ0v) is 12.3. The second-order valence-corrected chi connectivity index (χ2v) is 5.09. The van der Waals surface area contributed by atoms with Crippen molar-refractivity contribution in [3.05, 3.63) is 47.0 Å². The molecule has 2 aromatic rings. The van der Waals surface area contributed by atoms with Gasteiger partial charge in [-0.05, 0) is 44.9 Å². The van der Waals surface area contributed by atoms with Gasteiger partial charge < -0.3 is 5.32 Å². The van der Waals surface area contributed by atoms with Crippen molar-refractivity contribution < 1.29 is 4.79 Å². The van der Waals surface area contributed by atoms with Crippen molar-refractivity contribution in [3.8, 4) is 0 Å². The predicted octanol–water partition coefficient (Wildman–Crippen LogP) is 1.79. The molecule has 20 heavy (non-hydrogen) atoms. The van der Waals surface area contributed by atoms with Gasteiger partial charge in [-0.2, -0.15) is 5.10 Å². The average molecular weight is 272 g/mol. The quantitative estimate of drug-likeness (QED) is 0.923. The van der Waals surface area contributed by atoms with Gasteiger partial charge in [0.05, 0.1) is 11.3 Å². The molecule has 0 fully saturated rings. The highest BCUT2D eigenvalue weighted by molar-refractivity contribution is 5.93. The van der Waals surface area contributed by atoms with Crippen LogP contribution in [0.3, 0.4) is 0 Å². The van der Waals surface area contributed by atoms with Crippen molar-refractivity contribution in [1.82, 2.24) is 20.1 Å². The van der Waals surface area contributed by atoms with Crippen LogP contribution in [0.15, 0.2) is 24.5 Å². The Labute approximate surface area is 119 Å². The molecule has 1 amide bonds. The molecular weight excluding hydrogens is 252 g/mol. The van der Waals surface area contributed by atoms with Crippen molar-refractivity contribution in [2.24, 2.45) is 7.05 Å². The first-order valence-electron chi connectivity index (χ1n) is 6.69. The van der Waals surface area contributed by atoms with E-state index in [2.05, 4.69) is 15.4 Å². The van der Waals surface area contributed by atoms with E-state index in [4.69, 9.17) is 0 Å². The van der Waals surface area contributed by atoms with E-state index in [0.29, 0.717) is 5.56 Å². The van der Waals surface area contributed by atoms with Gasteiger partial charge in [0.25, 0.3) is 5.91 Å². The second-order valence-electron chi connectivity index (χ2n) is 5.09. The van der Waals surface area contributed by atoms with Crippen molar-refractivity contribution in [2.75, 3.05) is 0 Å². The molecule has 2 rings (SSSR count). The van der Waals surface area contributed by atoms with E-state index in [0.717, 1.165) is 17.8 Å². The number of aromatic nitrogens is 3. The number of nitrogens with zero attached hydrogens (tertiary/aromatic N) is 3. The summed E-state index contributed by atoms with van der Waals surface area (Å²) in [7, 11) is 1.94. The Balaban J connectivity index is 2.02. The Bertz CT molecular complexity index is 604. The van der Waals surface area contributed by atoms with Crippen molar-refractivity contribution in [3.63, 3.8) is 0 Å². The molecule has 106 valence electrons. The minimum absolute atomic E-state index is 0.0457. The molecule has 0 radical (unpaired) electrons. The fourth-order valence-corrected chi connectivity index (χ4v) is 2.27. The highest BCUT2D eigenvalue weighted by Gasteiger charge is 2.15. The van der Waals surface area contributed by atoms with Crippen molar-refractivity contribution in [2.45, 2.75) is 33.2 Å². The van der Waals surface area contributed by atoms with Crippen LogP contribution in [0, 0.1) is 13.8 Å². The number of nitrogens with one attached hydrogen (secondary N) is 1. The second kappa shape index (κ2) is 5.86. The van der Waals surface area contributed by atoms with Gasteiger partial charge in [0.1, 0.15) is 0 Å². The van der Waals surface area contributed by atoms with Crippen LogP contribution >= 0.6 is 0 Å². The highest BCUT2D eigenvalue weighted by atomic mass is 16.1. The highest BCUT2D eigenvalue weighted by Crippen LogP contribution is 2.14. The number of rotatable bonds is 4. The molecule has 5 heteroatoms. The maximum absolute atomic E-state index is 12.0. The molecule has 0 aliphatic heterocycles. The summed E-state index contributed by atoms with van der Waals surface area (Å²) in [5.74, 6) is -0.0928. The first-order valence-corrected chi connectivity index (χ1v) is 6.69. The fourth-order valence-electron chi connectivity index (χ4n) is 2.27. The molecule has 0 bridgehead atoms. The molecule has 1 atom stereocenters. The summed E-state index contributed by atoms with van der Waals surface area (Å²) in [5, 5.41) is 7.39. The van der Waals surface area contributed by atoms with Crippen LogP contribution < -0.4 is 5.32 Å². The first kappa shape index (κ1) is 14.2. The summed E-state index contributed by atoms with van der Waals surface area (Å²) < 4.78 is 1.88. The van der Waals surface area contributed by atoms with Crippen LogP contribution in [0.2, 0.25) is 0 Å². The van der Waals surface area contributed by atoms with Gasteiger partial charge in [0.2, 0.25) is 0 Å². The molecule has 2 aromatic heterocycles. The van der Waals surface area contributed by atoms with Crippen LogP contribution in [0.4, 0.5) is 0 Å². The third kappa shape index (κ3) is 3.04. The van der Waals surface area contributed by atoms with Gasteiger partial charge in [-0.25, -0.2) is 0 Å². The monoisotopic (exact) mass is 272 g/mol. The Kier molecular flexibility index (Phi) is 4.17. The molecular formula is C15H20N4O. The molecule has 1 unspecified atom stereocenters. The van der Waals surface area contributed by atoms with Crippen molar-refractivity contribution >= 4 is 5.91 Å². The topological polar surface area (TPSA) is 59.8 Å². The normalized spacial score (nSPS) is 12.2. The van der Waals surface area contributed by atoms with Gasteiger partial charge >= 0.3 is 0 Å². The third-order valence-electron chi connectivity index (χ3n) is 3.47. The van der Waals surface area contributed by atoms with Crippen LogP contribution in [0.1, 0.15) is 34.2 Å². The number of carbonyl (C=O) groups is 1. The number of hydrogen-bond acceptors (Lipinski definition) is 3. The predicted molar refractivity (Wildman–Crippen MR) is 77.6 cm³/mol. The van der Waals surface area contributed by atoms with E-state index < -0.39 is 0 Å². The van der Waals surface area contributed by atoms with Gasteiger partial charge in [-0.15, -0.1) is 0 Å².